The highest BCUT2D eigenvalue weighted by Crippen LogP contribution is 2.32. The molecule has 0 aromatic heterocycles. The molecule has 0 aliphatic carbocycles. The van der Waals surface area contributed by atoms with E-state index in [-0.39, 0.29) is 5.91 Å². The molecule has 1 aliphatic heterocycles. The van der Waals surface area contributed by atoms with E-state index in [1.165, 1.54) is 22.9 Å². The largest absolute Gasteiger partial charge is 0.489 e. The van der Waals surface area contributed by atoms with E-state index in [1.54, 1.807) is 4.90 Å². The normalized spacial score (nSPS) is 15.9. The van der Waals surface area contributed by atoms with E-state index in [1.807, 2.05) is 49.4 Å². The molecule has 0 bridgehead atoms. The Kier molecular flexibility index (Phi) is 5.56. The molecule has 0 radical (unpaired) electrons. The predicted octanol–water partition coefficient (Wildman–Crippen LogP) is 4.80. The van der Waals surface area contributed by atoms with Gasteiger partial charge in [0.15, 0.2) is 0 Å². The van der Waals surface area contributed by atoms with Crippen molar-refractivity contribution >= 4 is 40.3 Å². The Labute approximate surface area is 157 Å². The van der Waals surface area contributed by atoms with Gasteiger partial charge in [-0.05, 0) is 48.7 Å². The summed E-state index contributed by atoms with van der Waals surface area (Å²) in [6.07, 6.45) is 1.88. The second kappa shape index (κ2) is 7.85. The first kappa shape index (κ1) is 17.7. The van der Waals surface area contributed by atoms with Crippen LogP contribution in [0.15, 0.2) is 53.4 Å². The van der Waals surface area contributed by atoms with Crippen molar-refractivity contribution < 1.29 is 9.53 Å². The molecule has 128 valence electrons. The van der Waals surface area contributed by atoms with Crippen LogP contribution in [0.1, 0.15) is 23.6 Å². The number of hydrogen-bond acceptors (Lipinski definition) is 4. The number of likely N-dealkylation sites (N-methyl/N-ethyl adjacent to an activating group) is 1. The van der Waals surface area contributed by atoms with Crippen LogP contribution in [0, 0.1) is 6.92 Å². The van der Waals surface area contributed by atoms with Crippen molar-refractivity contribution in [2.24, 2.45) is 0 Å². The first-order chi connectivity index (χ1) is 12.1. The first-order valence-corrected chi connectivity index (χ1v) is 9.33. The van der Waals surface area contributed by atoms with Gasteiger partial charge in [-0.2, -0.15) is 0 Å². The minimum Gasteiger partial charge on any atom is -0.489 e. The van der Waals surface area contributed by atoms with Gasteiger partial charge in [0.25, 0.3) is 5.91 Å². The van der Waals surface area contributed by atoms with Crippen LogP contribution in [0.4, 0.5) is 0 Å². The molecule has 1 fully saturated rings. The lowest BCUT2D eigenvalue weighted by atomic mass is 10.1. The molecule has 25 heavy (non-hydrogen) atoms. The van der Waals surface area contributed by atoms with Gasteiger partial charge in [0.1, 0.15) is 16.7 Å². The van der Waals surface area contributed by atoms with Gasteiger partial charge in [0, 0.05) is 6.54 Å². The van der Waals surface area contributed by atoms with Crippen LogP contribution in [0.25, 0.3) is 6.08 Å². The van der Waals surface area contributed by atoms with Crippen LogP contribution in [0.2, 0.25) is 0 Å². The maximum atomic E-state index is 12.2. The molecule has 0 N–H and O–H groups in total. The van der Waals surface area contributed by atoms with Gasteiger partial charge >= 0.3 is 0 Å². The van der Waals surface area contributed by atoms with Gasteiger partial charge in [-0.25, -0.2) is 0 Å². The summed E-state index contributed by atoms with van der Waals surface area (Å²) in [6, 6.07) is 15.9. The molecule has 1 aliphatic rings. The minimum absolute atomic E-state index is 0.0163. The van der Waals surface area contributed by atoms with Gasteiger partial charge < -0.3 is 4.74 Å². The van der Waals surface area contributed by atoms with Gasteiger partial charge in [-0.15, -0.1) is 0 Å². The van der Waals surface area contributed by atoms with Gasteiger partial charge in [0.2, 0.25) is 0 Å². The number of ether oxygens (including phenoxy) is 1. The Balaban J connectivity index is 1.67. The summed E-state index contributed by atoms with van der Waals surface area (Å²) in [5, 5.41) is 0. The smallest absolute Gasteiger partial charge is 0.266 e. The molecular weight excluding hydrogens is 350 g/mol. The lowest BCUT2D eigenvalue weighted by Gasteiger charge is -2.09. The Morgan fingerprint density at radius 1 is 1.16 bits per heavy atom. The maximum Gasteiger partial charge on any atom is 0.266 e. The third-order valence-electron chi connectivity index (χ3n) is 4.02. The lowest BCUT2D eigenvalue weighted by Crippen LogP contribution is -2.27. The number of rotatable bonds is 5. The van der Waals surface area contributed by atoms with Crippen molar-refractivity contribution in [3.63, 3.8) is 0 Å². The summed E-state index contributed by atoms with van der Waals surface area (Å²) < 4.78 is 6.47. The molecular formula is C20H19NO2S2. The fourth-order valence-corrected chi connectivity index (χ4v) is 3.90. The fraction of sp³-hybridized carbons (Fsp3) is 0.200. The second-order valence-electron chi connectivity index (χ2n) is 5.71. The monoisotopic (exact) mass is 369 g/mol. The maximum absolute atomic E-state index is 12.2. The van der Waals surface area contributed by atoms with Crippen LogP contribution < -0.4 is 4.74 Å². The standard InChI is InChI=1S/C20H19NO2S2/c1-3-21-19(22)18(25-20(21)24)12-15-8-10-17(11-9-15)23-13-16-7-5-4-6-14(16)2/h4-12H,3,13H2,1-2H3. The van der Waals surface area contributed by atoms with Gasteiger partial charge in [-0.3, -0.25) is 9.69 Å². The summed E-state index contributed by atoms with van der Waals surface area (Å²) in [6.45, 7) is 5.15. The van der Waals surface area contributed by atoms with Crippen molar-refractivity contribution in [1.29, 1.82) is 0 Å². The highest BCUT2D eigenvalue weighted by atomic mass is 32.2. The molecule has 0 unspecified atom stereocenters. The molecule has 0 atom stereocenters. The van der Waals surface area contributed by atoms with E-state index in [0.717, 1.165) is 11.3 Å². The molecule has 0 saturated carbocycles. The molecule has 3 rings (SSSR count). The molecule has 1 saturated heterocycles. The number of benzene rings is 2. The Bertz CT molecular complexity index is 828. The van der Waals surface area contributed by atoms with E-state index in [0.29, 0.717) is 22.4 Å². The first-order valence-electron chi connectivity index (χ1n) is 8.11. The van der Waals surface area contributed by atoms with E-state index >= 15 is 0 Å². The topological polar surface area (TPSA) is 29.5 Å². The van der Waals surface area contributed by atoms with Crippen molar-refractivity contribution in [2.75, 3.05) is 6.54 Å². The highest BCUT2D eigenvalue weighted by molar-refractivity contribution is 8.26. The quantitative estimate of drug-likeness (QED) is 0.559. The highest BCUT2D eigenvalue weighted by Gasteiger charge is 2.30. The summed E-state index contributed by atoms with van der Waals surface area (Å²) in [5.41, 5.74) is 3.35. The molecule has 0 spiro atoms. The van der Waals surface area contributed by atoms with Crippen molar-refractivity contribution in [1.82, 2.24) is 4.90 Å². The van der Waals surface area contributed by atoms with Crippen LogP contribution in [0.3, 0.4) is 0 Å². The average molecular weight is 370 g/mol. The summed E-state index contributed by atoms with van der Waals surface area (Å²) in [7, 11) is 0. The molecule has 1 heterocycles. The SMILES string of the molecule is CCN1C(=O)C(=Cc2ccc(OCc3ccccc3C)cc2)SC1=S. The second-order valence-corrected chi connectivity index (χ2v) is 7.39. The molecule has 5 heteroatoms. The lowest BCUT2D eigenvalue weighted by molar-refractivity contribution is -0.121. The average Bonchev–Trinajstić information content (AvgIpc) is 2.88. The number of nitrogens with zero attached hydrogens (tertiary/aromatic N) is 1. The summed E-state index contributed by atoms with van der Waals surface area (Å²) in [4.78, 5) is 14.5. The number of thiocarbonyl (C=S) groups is 1. The zero-order chi connectivity index (χ0) is 17.8. The van der Waals surface area contributed by atoms with Crippen molar-refractivity contribution in [3.8, 4) is 5.75 Å². The van der Waals surface area contributed by atoms with Gasteiger partial charge in [-0.1, -0.05) is 60.4 Å². The molecule has 1 amide bonds. The Morgan fingerprint density at radius 2 is 1.88 bits per heavy atom. The Morgan fingerprint density at radius 3 is 2.52 bits per heavy atom. The third-order valence-corrected chi connectivity index (χ3v) is 5.40. The van der Waals surface area contributed by atoms with Crippen molar-refractivity contribution in [3.05, 3.63) is 70.1 Å². The number of aryl methyl sites for hydroxylation is 1. The number of carbonyl (C=O) groups excluding carboxylic acids is 1. The zero-order valence-corrected chi connectivity index (χ0v) is 15.8. The number of thioether (sulfide) groups is 1. The van der Waals surface area contributed by atoms with Crippen LogP contribution in [-0.4, -0.2) is 21.7 Å². The summed E-state index contributed by atoms with van der Waals surface area (Å²) in [5.74, 6) is 0.791. The zero-order valence-electron chi connectivity index (χ0n) is 14.2. The minimum atomic E-state index is -0.0163. The van der Waals surface area contributed by atoms with Crippen LogP contribution in [-0.2, 0) is 11.4 Å². The summed E-state index contributed by atoms with van der Waals surface area (Å²) >= 11 is 6.58. The van der Waals surface area contributed by atoms with Crippen molar-refractivity contribution in [2.45, 2.75) is 20.5 Å². The number of hydrogen-bond donors (Lipinski definition) is 0. The predicted molar refractivity (Wildman–Crippen MR) is 108 cm³/mol. The van der Waals surface area contributed by atoms with E-state index in [9.17, 15) is 4.79 Å². The molecule has 2 aromatic carbocycles. The molecule has 3 nitrogen and oxygen atoms in total. The van der Waals surface area contributed by atoms with Crippen LogP contribution in [0.5, 0.6) is 5.75 Å². The molecule has 2 aromatic rings. The van der Waals surface area contributed by atoms with E-state index in [2.05, 4.69) is 19.1 Å². The van der Waals surface area contributed by atoms with Gasteiger partial charge in [0.05, 0.1) is 4.91 Å². The Hall–Kier alpha value is -2.11. The van der Waals surface area contributed by atoms with E-state index < -0.39 is 0 Å². The number of amides is 1. The van der Waals surface area contributed by atoms with Crippen LogP contribution >= 0.6 is 24.0 Å². The third kappa shape index (κ3) is 4.11. The van der Waals surface area contributed by atoms with E-state index in [4.69, 9.17) is 17.0 Å². The fourth-order valence-electron chi connectivity index (χ4n) is 2.52. The number of carbonyl (C=O) groups is 1.